The Balaban J connectivity index is 1.32. The van der Waals surface area contributed by atoms with Crippen molar-refractivity contribution in [2.45, 2.75) is 45.2 Å². The van der Waals surface area contributed by atoms with E-state index in [1.807, 2.05) is 103 Å². The number of benzene rings is 4. The van der Waals surface area contributed by atoms with E-state index in [1.54, 1.807) is 19.4 Å². The molecule has 0 bridgehead atoms. The van der Waals surface area contributed by atoms with Gasteiger partial charge in [0.2, 0.25) is 0 Å². The molecule has 0 aliphatic carbocycles. The number of anilines is 2. The molecule has 2 N–H and O–H groups in total. The lowest BCUT2D eigenvalue weighted by atomic mass is 9.95. The van der Waals surface area contributed by atoms with Crippen LogP contribution in [0.15, 0.2) is 97.7 Å². The number of aromatic nitrogens is 1. The van der Waals surface area contributed by atoms with Gasteiger partial charge in [0.1, 0.15) is 18.1 Å². The number of methoxy groups -OCH3 is 1. The number of carbonyl (C=O) groups is 2. The van der Waals surface area contributed by atoms with Crippen molar-refractivity contribution in [1.29, 1.82) is 0 Å². The van der Waals surface area contributed by atoms with Crippen LogP contribution in [0.2, 0.25) is 15.1 Å². The summed E-state index contributed by atoms with van der Waals surface area (Å²) in [6.45, 7) is 11.6. The number of nitrogens with one attached hydrogen (secondary N) is 2. The summed E-state index contributed by atoms with van der Waals surface area (Å²) < 4.78 is 16.6. The fourth-order valence-corrected chi connectivity index (χ4v) is 8.82. The highest BCUT2D eigenvalue weighted by Crippen LogP contribution is 2.43. The summed E-state index contributed by atoms with van der Waals surface area (Å²) in [4.78, 5) is 37.2. The van der Waals surface area contributed by atoms with E-state index in [9.17, 15) is 4.79 Å². The fourth-order valence-electron chi connectivity index (χ4n) is 8.08. The number of rotatable bonds is 14. The number of H-pyrrole nitrogens is 1. The number of fused-ring (bicyclic) bond motifs is 1. The maximum Gasteiger partial charge on any atom is 0.410 e. The molecule has 1 atom stereocenters. The number of hydrogen-bond donors (Lipinski definition) is 2. The van der Waals surface area contributed by atoms with Gasteiger partial charge in [-0.05, 0) is 92.4 Å². The minimum Gasteiger partial charge on any atom is -0.491 e. The first kappa shape index (κ1) is 42.0. The quantitative estimate of drug-likeness (QED) is 0.107. The van der Waals surface area contributed by atoms with Crippen LogP contribution in [0.25, 0.3) is 22.2 Å². The molecule has 308 valence electrons. The van der Waals surface area contributed by atoms with Gasteiger partial charge >= 0.3 is 6.09 Å². The second kappa shape index (κ2) is 18.8. The molecular formula is C46H48Cl3N5O5. The number of cyclic esters (lactones) is 1. The van der Waals surface area contributed by atoms with E-state index in [1.165, 1.54) is 0 Å². The maximum atomic E-state index is 15.1. The Kier molecular flexibility index (Phi) is 13.4. The van der Waals surface area contributed by atoms with Crippen LogP contribution in [0, 0.1) is 0 Å². The van der Waals surface area contributed by atoms with Gasteiger partial charge in [-0.15, -0.1) is 0 Å². The van der Waals surface area contributed by atoms with Crippen molar-refractivity contribution in [3.05, 3.63) is 135 Å². The number of allylic oxidation sites excluding steroid dienone is 1. The normalized spacial score (nSPS) is 15.7. The van der Waals surface area contributed by atoms with Crippen LogP contribution in [0.3, 0.4) is 0 Å². The average Bonchev–Trinajstić information content (AvgIpc) is 3.61. The summed E-state index contributed by atoms with van der Waals surface area (Å²) in [6.07, 6.45) is 3.88. The first-order valence-corrected chi connectivity index (χ1v) is 20.9. The molecule has 2 aliphatic heterocycles. The van der Waals surface area contributed by atoms with Crippen molar-refractivity contribution in [2.75, 3.05) is 56.8 Å². The summed E-state index contributed by atoms with van der Waals surface area (Å²) in [5.74, 6) is 0.218. The summed E-state index contributed by atoms with van der Waals surface area (Å²) in [5, 5.41) is 5.63. The molecule has 7 rings (SSSR count). The Morgan fingerprint density at radius 3 is 2.46 bits per heavy atom. The van der Waals surface area contributed by atoms with Crippen molar-refractivity contribution in [2.24, 2.45) is 0 Å². The lowest BCUT2D eigenvalue weighted by Crippen LogP contribution is -2.50. The lowest BCUT2D eigenvalue weighted by Gasteiger charge is -2.40. The maximum absolute atomic E-state index is 15.1. The third kappa shape index (κ3) is 9.21. The molecule has 5 aromatic rings. The van der Waals surface area contributed by atoms with Gasteiger partial charge in [0.05, 0.1) is 36.3 Å². The molecule has 13 heteroatoms. The smallest absolute Gasteiger partial charge is 0.410 e. The Bertz CT molecular complexity index is 2360. The number of hydrogen-bond acceptors (Lipinski definition) is 7. The second-order valence-corrected chi connectivity index (χ2v) is 16.0. The van der Waals surface area contributed by atoms with Gasteiger partial charge in [0.25, 0.3) is 5.91 Å². The molecule has 59 heavy (non-hydrogen) atoms. The van der Waals surface area contributed by atoms with Crippen molar-refractivity contribution in [1.82, 2.24) is 14.8 Å². The summed E-state index contributed by atoms with van der Waals surface area (Å²) in [6, 6.07) is 26.5. The molecule has 10 nitrogen and oxygen atoms in total. The number of carbonyl (C=O) groups excluding carboxylic acids is 2. The highest BCUT2D eigenvalue weighted by Gasteiger charge is 2.33. The SMILES string of the molecule is C=CN(/C(=C(\C)c1ccccc1)c1c(C(=O)Nc2cc(OCCOC)ccc2N2CCC(N3CCCOC3=O)CC2)[nH]c2cc(Cl)ccc12)C(C)c1ccc(Cl)cc1Cl. The van der Waals surface area contributed by atoms with E-state index in [-0.39, 0.29) is 24.1 Å². The predicted octanol–water partition coefficient (Wildman–Crippen LogP) is 11.3. The van der Waals surface area contributed by atoms with E-state index in [0.29, 0.717) is 82.7 Å². The average molecular weight is 857 g/mol. The second-order valence-electron chi connectivity index (χ2n) is 14.7. The molecule has 1 aromatic heterocycles. The number of aromatic amines is 1. The van der Waals surface area contributed by atoms with Crippen LogP contribution in [0.1, 0.15) is 66.3 Å². The van der Waals surface area contributed by atoms with Crippen molar-refractivity contribution >= 4 is 80.4 Å². The zero-order valence-corrected chi connectivity index (χ0v) is 35.7. The summed E-state index contributed by atoms with van der Waals surface area (Å²) >= 11 is 19.7. The molecule has 2 aliphatic rings. The number of amides is 2. The lowest BCUT2D eigenvalue weighted by molar-refractivity contribution is 0.0499. The minimum absolute atomic E-state index is 0.0884. The molecule has 3 heterocycles. The van der Waals surface area contributed by atoms with Crippen molar-refractivity contribution in [3.8, 4) is 5.75 Å². The first-order chi connectivity index (χ1) is 28.6. The van der Waals surface area contributed by atoms with Gasteiger partial charge < -0.3 is 39.2 Å². The van der Waals surface area contributed by atoms with Gasteiger partial charge in [0, 0.05) is 70.4 Å². The first-order valence-electron chi connectivity index (χ1n) is 19.8. The predicted molar refractivity (Wildman–Crippen MR) is 239 cm³/mol. The van der Waals surface area contributed by atoms with Crippen molar-refractivity contribution in [3.63, 3.8) is 0 Å². The van der Waals surface area contributed by atoms with E-state index in [2.05, 4.69) is 21.8 Å². The largest absolute Gasteiger partial charge is 0.491 e. The molecule has 0 spiro atoms. The Labute approximate surface area is 360 Å². The van der Waals surface area contributed by atoms with Crippen LogP contribution in [-0.4, -0.2) is 79.4 Å². The minimum atomic E-state index is -0.367. The molecule has 2 saturated heterocycles. The van der Waals surface area contributed by atoms with Crippen molar-refractivity contribution < 1.29 is 23.8 Å². The van der Waals surface area contributed by atoms with E-state index >= 15 is 4.79 Å². The van der Waals surface area contributed by atoms with E-state index in [0.717, 1.165) is 52.7 Å². The monoisotopic (exact) mass is 855 g/mol. The Hall–Kier alpha value is -5.13. The Morgan fingerprint density at radius 1 is 1.00 bits per heavy atom. The molecule has 2 amide bonds. The van der Waals surface area contributed by atoms with Gasteiger partial charge in [0.15, 0.2) is 0 Å². The standard InChI is InChI=1S/C46H48Cl3N5O5/c1-5-53(30(3)36-15-12-32(47)26-38(36)49)44(29(2)31-10-7-6-8-11-31)42-37-16-13-33(48)27-39(37)50-43(42)45(55)51-40-28-35(58-25-24-57-4)14-17-41(40)52-21-18-34(19-22-52)54-20-9-23-59-46(54)56/h5-8,10-17,26-28,30,34,50H,1,9,18-25H2,2-4H3,(H,51,55)/b44-29+. The number of nitrogens with zero attached hydrogens (tertiary/aromatic N) is 3. The zero-order valence-electron chi connectivity index (χ0n) is 33.4. The van der Waals surface area contributed by atoms with Gasteiger partial charge in [-0.1, -0.05) is 83.8 Å². The van der Waals surface area contributed by atoms with E-state index in [4.69, 9.17) is 49.0 Å². The fraction of sp³-hybridized carbons (Fsp3) is 0.304. The molecular weight excluding hydrogens is 809 g/mol. The van der Waals surface area contributed by atoms with Gasteiger partial charge in [-0.2, -0.15) is 0 Å². The molecule has 0 saturated carbocycles. The number of piperidine rings is 1. The third-order valence-electron chi connectivity index (χ3n) is 11.1. The molecule has 2 fully saturated rings. The topological polar surface area (TPSA) is 99.4 Å². The van der Waals surface area contributed by atoms with Gasteiger partial charge in [-0.3, -0.25) is 4.79 Å². The number of halogens is 3. The van der Waals surface area contributed by atoms with Crippen LogP contribution in [-0.2, 0) is 9.47 Å². The van der Waals surface area contributed by atoms with Crippen LogP contribution in [0.5, 0.6) is 5.75 Å². The van der Waals surface area contributed by atoms with Crippen LogP contribution in [0.4, 0.5) is 16.2 Å². The van der Waals surface area contributed by atoms with Crippen LogP contribution >= 0.6 is 34.8 Å². The van der Waals surface area contributed by atoms with Gasteiger partial charge in [-0.25, -0.2) is 4.79 Å². The highest BCUT2D eigenvalue weighted by atomic mass is 35.5. The van der Waals surface area contributed by atoms with E-state index < -0.39 is 0 Å². The summed E-state index contributed by atoms with van der Waals surface area (Å²) in [7, 11) is 1.62. The Morgan fingerprint density at radius 2 is 1.75 bits per heavy atom. The molecule has 1 unspecified atom stereocenters. The molecule has 0 radical (unpaired) electrons. The van der Waals surface area contributed by atoms with Crippen LogP contribution < -0.4 is 15.0 Å². The third-order valence-corrected chi connectivity index (χ3v) is 11.9. The summed E-state index contributed by atoms with van der Waals surface area (Å²) in [5.41, 5.74) is 6.54. The number of ether oxygens (including phenoxy) is 3. The zero-order chi connectivity index (χ0) is 41.6. The highest BCUT2D eigenvalue weighted by molar-refractivity contribution is 6.35. The molecule has 4 aromatic carbocycles.